The number of piperidine rings is 1. The summed E-state index contributed by atoms with van der Waals surface area (Å²) in [5, 5.41) is 1.82. The van der Waals surface area contributed by atoms with Crippen LogP contribution < -0.4 is 4.90 Å². The van der Waals surface area contributed by atoms with Crippen molar-refractivity contribution in [2.45, 2.75) is 54.8 Å². The van der Waals surface area contributed by atoms with Crippen molar-refractivity contribution in [1.82, 2.24) is 14.5 Å². The lowest BCUT2D eigenvalue weighted by atomic mass is 9.75. The number of rotatable bonds is 4. The molecule has 1 aromatic carbocycles. The molecule has 10 heteroatoms. The molecular formula is C25H27Cl2N5OS2. The number of fused-ring (bicyclic) bond motifs is 1. The highest BCUT2D eigenvalue weighted by Crippen LogP contribution is 2.44. The smallest absolute Gasteiger partial charge is 0.147 e. The number of hydrogen-bond acceptors (Lipinski definition) is 6. The molecule has 0 aliphatic carbocycles. The predicted molar refractivity (Wildman–Crippen MR) is 145 cm³/mol. The molecule has 0 bridgehead atoms. The van der Waals surface area contributed by atoms with Gasteiger partial charge in [0.1, 0.15) is 32.7 Å². The molecule has 5 rings (SSSR count). The fourth-order valence-electron chi connectivity index (χ4n) is 4.56. The van der Waals surface area contributed by atoms with Gasteiger partial charge in [-0.2, -0.15) is 0 Å². The lowest BCUT2D eigenvalue weighted by Crippen LogP contribution is -2.44. The van der Waals surface area contributed by atoms with Crippen molar-refractivity contribution in [2.24, 2.45) is 9.81 Å². The monoisotopic (exact) mass is 547 g/mol. The van der Waals surface area contributed by atoms with Crippen LogP contribution in [-0.2, 0) is 17.9 Å². The molecule has 2 aliphatic heterocycles. The minimum absolute atomic E-state index is 0.0967. The van der Waals surface area contributed by atoms with Crippen LogP contribution in [0.2, 0.25) is 10.0 Å². The minimum Gasteiger partial charge on any atom is -0.591 e. The summed E-state index contributed by atoms with van der Waals surface area (Å²) >= 11 is 12.6. The third kappa shape index (κ3) is 4.96. The molecule has 35 heavy (non-hydrogen) atoms. The highest BCUT2D eigenvalue weighted by molar-refractivity contribution is 7.99. The molecule has 1 saturated heterocycles. The number of hydrogen-bond donors (Lipinski definition) is 0. The van der Waals surface area contributed by atoms with Gasteiger partial charge in [-0.05, 0) is 57.9 Å². The van der Waals surface area contributed by atoms with E-state index in [1.165, 1.54) is 11.8 Å². The molecule has 3 aromatic rings. The fraction of sp³-hybridized carbons (Fsp3) is 0.400. The molecule has 4 heterocycles. The van der Waals surface area contributed by atoms with Gasteiger partial charge in [-0.3, -0.25) is 0 Å². The second kappa shape index (κ2) is 9.63. The van der Waals surface area contributed by atoms with Gasteiger partial charge in [0.05, 0.1) is 28.1 Å². The summed E-state index contributed by atoms with van der Waals surface area (Å²) in [5.41, 5.74) is 1.99. The molecule has 1 spiro atoms. The average Bonchev–Trinajstić information content (AvgIpc) is 3.38. The molecule has 0 N–H and O–H groups in total. The average molecular weight is 549 g/mol. The first kappa shape index (κ1) is 25.0. The largest absolute Gasteiger partial charge is 0.591 e. The van der Waals surface area contributed by atoms with E-state index in [9.17, 15) is 4.55 Å². The van der Waals surface area contributed by atoms with E-state index in [4.69, 9.17) is 27.6 Å². The highest BCUT2D eigenvalue weighted by Gasteiger charge is 2.47. The molecule has 0 unspecified atom stereocenters. The summed E-state index contributed by atoms with van der Waals surface area (Å²) in [6.45, 7) is 8.47. The van der Waals surface area contributed by atoms with Gasteiger partial charge in [0, 0.05) is 36.1 Å². The van der Waals surface area contributed by atoms with Gasteiger partial charge >= 0.3 is 0 Å². The van der Waals surface area contributed by atoms with Crippen molar-refractivity contribution in [1.29, 1.82) is 0 Å². The van der Waals surface area contributed by atoms with Crippen LogP contribution in [0.15, 0.2) is 63.2 Å². The zero-order valence-electron chi connectivity index (χ0n) is 19.9. The van der Waals surface area contributed by atoms with E-state index in [0.29, 0.717) is 10.0 Å². The first-order valence-corrected chi connectivity index (χ1v) is 14.2. The van der Waals surface area contributed by atoms with Crippen LogP contribution in [0.25, 0.3) is 0 Å². The summed E-state index contributed by atoms with van der Waals surface area (Å²) in [4.78, 5) is 12.4. The SMILES string of the molecule is CC(C)(C)[S@@+]([O-])/N=C1\c2cccn2CC12CCN(c1cnc(Sc3cccc(Cl)c3Cl)cn1)CC2. The summed E-state index contributed by atoms with van der Waals surface area (Å²) in [6, 6.07) is 9.69. The Morgan fingerprint density at radius 3 is 2.54 bits per heavy atom. The second-order valence-electron chi connectivity index (χ2n) is 9.96. The Hall–Kier alpha value is -1.71. The Labute approximate surface area is 223 Å². The van der Waals surface area contributed by atoms with Crippen LogP contribution >= 0.6 is 35.0 Å². The van der Waals surface area contributed by atoms with E-state index < -0.39 is 11.4 Å². The zero-order chi connectivity index (χ0) is 24.8. The van der Waals surface area contributed by atoms with Gasteiger partial charge in [-0.1, -0.05) is 45.4 Å². The Morgan fingerprint density at radius 2 is 1.86 bits per heavy atom. The van der Waals surface area contributed by atoms with E-state index in [2.05, 4.69) is 31.7 Å². The molecule has 1 fully saturated rings. The summed E-state index contributed by atoms with van der Waals surface area (Å²) in [5.74, 6) is 0.857. The Morgan fingerprint density at radius 1 is 1.09 bits per heavy atom. The first-order valence-electron chi connectivity index (χ1n) is 11.5. The van der Waals surface area contributed by atoms with Crippen molar-refractivity contribution < 1.29 is 4.55 Å². The normalized spacial score (nSPS) is 19.4. The van der Waals surface area contributed by atoms with Crippen LogP contribution in [-0.4, -0.2) is 42.6 Å². The number of benzene rings is 1. The van der Waals surface area contributed by atoms with E-state index in [0.717, 1.165) is 59.6 Å². The highest BCUT2D eigenvalue weighted by atomic mass is 35.5. The van der Waals surface area contributed by atoms with Crippen LogP contribution in [0, 0.1) is 5.41 Å². The molecule has 0 saturated carbocycles. The first-order chi connectivity index (χ1) is 16.7. The summed E-state index contributed by atoms with van der Waals surface area (Å²) in [7, 11) is 0. The van der Waals surface area contributed by atoms with Crippen molar-refractivity contribution >= 4 is 57.9 Å². The molecule has 184 valence electrons. The van der Waals surface area contributed by atoms with E-state index in [-0.39, 0.29) is 10.2 Å². The Balaban J connectivity index is 1.30. The Kier molecular flexibility index (Phi) is 6.87. The van der Waals surface area contributed by atoms with Crippen LogP contribution in [0.5, 0.6) is 0 Å². The second-order valence-corrected chi connectivity index (χ2v) is 13.7. The maximum atomic E-state index is 12.9. The van der Waals surface area contributed by atoms with Crippen molar-refractivity contribution in [2.75, 3.05) is 18.0 Å². The van der Waals surface area contributed by atoms with Gasteiger partial charge in [0.25, 0.3) is 0 Å². The van der Waals surface area contributed by atoms with Gasteiger partial charge in [0.15, 0.2) is 0 Å². The molecular weight excluding hydrogens is 521 g/mol. The third-order valence-electron chi connectivity index (χ3n) is 6.54. The van der Waals surface area contributed by atoms with Crippen LogP contribution in [0.3, 0.4) is 0 Å². The lowest BCUT2D eigenvalue weighted by molar-refractivity contribution is 0.298. The quantitative estimate of drug-likeness (QED) is 0.359. The molecule has 0 radical (unpaired) electrons. The van der Waals surface area contributed by atoms with Gasteiger partial charge in [-0.25, -0.2) is 9.97 Å². The third-order valence-corrected chi connectivity index (χ3v) is 9.84. The van der Waals surface area contributed by atoms with Crippen LogP contribution in [0.4, 0.5) is 5.82 Å². The fourth-order valence-corrected chi connectivity index (χ4v) is 6.54. The van der Waals surface area contributed by atoms with Gasteiger partial charge in [0.2, 0.25) is 0 Å². The topological polar surface area (TPSA) is 69.4 Å². The number of nitrogens with zero attached hydrogens (tertiary/aromatic N) is 5. The molecule has 6 nitrogen and oxygen atoms in total. The predicted octanol–water partition coefficient (Wildman–Crippen LogP) is 6.29. The number of aromatic nitrogens is 3. The molecule has 1 atom stereocenters. The van der Waals surface area contributed by atoms with Crippen molar-refractivity contribution in [3.63, 3.8) is 0 Å². The van der Waals surface area contributed by atoms with E-state index in [1.54, 1.807) is 12.3 Å². The summed E-state index contributed by atoms with van der Waals surface area (Å²) < 4.78 is 19.6. The standard InChI is InChI=1S/C25H27Cl2N5OS2/c1-24(2,3)35(33)30-23-18-7-5-11-32(18)16-25(23)9-12-31(13-10-25)20-14-29-21(15-28-20)34-19-8-4-6-17(26)22(19)27/h4-8,11,14-15H,9-10,12-13,16H2,1-3H3/b30-23+/t35-/m1/s1. The van der Waals surface area contributed by atoms with Crippen molar-refractivity contribution in [3.8, 4) is 0 Å². The minimum atomic E-state index is -1.30. The Bertz CT molecular complexity index is 1250. The maximum Gasteiger partial charge on any atom is 0.147 e. The van der Waals surface area contributed by atoms with E-state index in [1.807, 2.05) is 45.2 Å². The van der Waals surface area contributed by atoms with Crippen LogP contribution in [0.1, 0.15) is 39.3 Å². The zero-order valence-corrected chi connectivity index (χ0v) is 23.0. The molecule has 2 aliphatic rings. The van der Waals surface area contributed by atoms with E-state index >= 15 is 0 Å². The summed E-state index contributed by atoms with van der Waals surface area (Å²) in [6.07, 6.45) is 7.54. The maximum absolute atomic E-state index is 12.9. The molecule has 2 aromatic heterocycles. The number of halogens is 2. The van der Waals surface area contributed by atoms with Gasteiger partial charge < -0.3 is 14.0 Å². The van der Waals surface area contributed by atoms with Crippen molar-refractivity contribution in [3.05, 3.63) is 64.7 Å². The van der Waals surface area contributed by atoms with Gasteiger partial charge in [-0.15, -0.1) is 0 Å². The number of anilines is 1. The lowest BCUT2D eigenvalue weighted by Gasteiger charge is -2.39. The molecule has 0 amide bonds.